The van der Waals surface area contributed by atoms with Gasteiger partial charge < -0.3 is 10.4 Å². The third kappa shape index (κ3) is 6.61. The largest absolute Gasteiger partial charge is 0.478 e. The number of pyridine rings is 1. The van der Waals surface area contributed by atoms with Gasteiger partial charge in [-0.3, -0.25) is 9.79 Å². The summed E-state index contributed by atoms with van der Waals surface area (Å²) >= 11 is 0. The molecular formula is C26H33N3O3. The van der Waals surface area contributed by atoms with Gasteiger partial charge in [0.05, 0.1) is 5.56 Å². The number of aromatic carboxylic acids is 1. The van der Waals surface area contributed by atoms with Crippen LogP contribution in [0, 0.1) is 12.8 Å². The number of nitrogens with one attached hydrogen (secondary N) is 1. The van der Waals surface area contributed by atoms with Gasteiger partial charge in [-0.05, 0) is 61.9 Å². The van der Waals surface area contributed by atoms with E-state index in [0.29, 0.717) is 11.6 Å². The van der Waals surface area contributed by atoms with Crippen molar-refractivity contribution in [2.24, 2.45) is 10.9 Å². The third-order valence-electron chi connectivity index (χ3n) is 5.40. The molecule has 0 saturated carbocycles. The molecule has 0 bridgehead atoms. The van der Waals surface area contributed by atoms with Gasteiger partial charge in [0.1, 0.15) is 11.5 Å². The minimum atomic E-state index is -1.07. The first-order valence-corrected chi connectivity index (χ1v) is 10.9. The Morgan fingerprint density at radius 1 is 1.22 bits per heavy atom. The Hall–Kier alpha value is -3.28. The number of nitrogens with zero attached hydrogens (tertiary/aromatic N) is 2. The van der Waals surface area contributed by atoms with Crippen LogP contribution in [-0.4, -0.2) is 34.7 Å². The molecule has 2 aromatic rings. The van der Waals surface area contributed by atoms with Crippen LogP contribution in [0.2, 0.25) is 0 Å². The summed E-state index contributed by atoms with van der Waals surface area (Å²) in [4.78, 5) is 32.0. The van der Waals surface area contributed by atoms with Crippen LogP contribution in [0.3, 0.4) is 0 Å². The van der Waals surface area contributed by atoms with Crippen LogP contribution in [0.25, 0.3) is 0 Å². The molecule has 0 fully saturated rings. The normalized spacial score (nSPS) is 13.2. The summed E-state index contributed by atoms with van der Waals surface area (Å²) in [5.41, 5.74) is 5.29. The second kappa shape index (κ2) is 11.4. The summed E-state index contributed by atoms with van der Waals surface area (Å²) < 4.78 is 0. The quantitative estimate of drug-likeness (QED) is 0.513. The number of carbonyl (C=O) groups excluding carboxylic acids is 1. The zero-order valence-electron chi connectivity index (χ0n) is 19.8. The Morgan fingerprint density at radius 2 is 1.94 bits per heavy atom. The van der Waals surface area contributed by atoms with Crippen LogP contribution in [0.4, 0.5) is 5.82 Å². The minimum absolute atomic E-state index is 0.0597. The highest BCUT2D eigenvalue weighted by Crippen LogP contribution is 2.34. The van der Waals surface area contributed by atoms with Crippen molar-refractivity contribution in [3.05, 3.63) is 70.4 Å². The molecule has 6 heteroatoms. The number of carbonyl (C=O) groups is 2. The highest BCUT2D eigenvalue weighted by atomic mass is 16.4. The predicted molar refractivity (Wildman–Crippen MR) is 130 cm³/mol. The Kier molecular flexibility index (Phi) is 8.88. The Balaban J connectivity index is 2.31. The van der Waals surface area contributed by atoms with Crippen molar-refractivity contribution >= 4 is 23.4 Å². The molecule has 0 spiro atoms. The molecule has 0 radical (unpaired) electrons. The van der Waals surface area contributed by atoms with Gasteiger partial charge in [-0.25, -0.2) is 9.78 Å². The SMILES string of the molecule is CCc1cc(C)ccc1C(CC(C)C)/C(C)=C/C(=NC)C(=O)Nc1ccc(C(=O)O)cn1. The fourth-order valence-electron chi connectivity index (χ4n) is 3.73. The van der Waals surface area contributed by atoms with E-state index in [9.17, 15) is 9.59 Å². The summed E-state index contributed by atoms with van der Waals surface area (Å²) in [5, 5.41) is 11.7. The highest BCUT2D eigenvalue weighted by Gasteiger charge is 2.20. The van der Waals surface area contributed by atoms with E-state index in [2.05, 4.69) is 61.2 Å². The smallest absolute Gasteiger partial charge is 0.337 e. The number of benzene rings is 1. The van der Waals surface area contributed by atoms with E-state index in [-0.39, 0.29) is 23.2 Å². The number of anilines is 1. The third-order valence-corrected chi connectivity index (χ3v) is 5.40. The van der Waals surface area contributed by atoms with Crippen LogP contribution < -0.4 is 5.32 Å². The Labute approximate surface area is 190 Å². The summed E-state index contributed by atoms with van der Waals surface area (Å²) in [6, 6.07) is 9.45. The van der Waals surface area contributed by atoms with Crippen molar-refractivity contribution in [2.75, 3.05) is 12.4 Å². The first-order valence-electron chi connectivity index (χ1n) is 10.9. The zero-order valence-corrected chi connectivity index (χ0v) is 19.8. The van der Waals surface area contributed by atoms with E-state index in [1.54, 1.807) is 7.05 Å². The summed E-state index contributed by atoms with van der Waals surface area (Å²) in [5.74, 6) is -0.503. The molecule has 1 atom stereocenters. The van der Waals surface area contributed by atoms with E-state index in [0.717, 1.165) is 18.4 Å². The topological polar surface area (TPSA) is 91.7 Å². The van der Waals surface area contributed by atoms with E-state index in [1.165, 1.54) is 35.0 Å². The molecule has 1 aromatic carbocycles. The van der Waals surface area contributed by atoms with E-state index in [4.69, 9.17) is 5.11 Å². The standard InChI is InChI=1S/C26H33N3O3/c1-7-19-13-17(4)8-10-21(19)22(12-16(2)3)18(5)14-23(27-6)25(30)29-24-11-9-20(15-28-24)26(31)32/h8-11,13-16,22H,7,12H2,1-6H3,(H,31,32)(H,28,29,30)/b18-14+,27-23?. The van der Waals surface area contributed by atoms with Gasteiger partial charge in [-0.15, -0.1) is 0 Å². The van der Waals surface area contributed by atoms with Gasteiger partial charge in [0.25, 0.3) is 5.91 Å². The molecule has 0 saturated heterocycles. The van der Waals surface area contributed by atoms with Crippen LogP contribution in [0.1, 0.15) is 67.1 Å². The van der Waals surface area contributed by atoms with Gasteiger partial charge in [-0.2, -0.15) is 0 Å². The molecule has 170 valence electrons. The number of aliphatic imine (C=N–C) groups is 1. The van der Waals surface area contributed by atoms with E-state index in [1.807, 2.05) is 13.0 Å². The second-order valence-corrected chi connectivity index (χ2v) is 8.43. The fraction of sp³-hybridized carbons (Fsp3) is 0.385. The predicted octanol–water partition coefficient (Wildman–Crippen LogP) is 5.44. The van der Waals surface area contributed by atoms with Crippen molar-refractivity contribution in [2.45, 2.75) is 53.4 Å². The lowest BCUT2D eigenvalue weighted by Crippen LogP contribution is -2.23. The fourth-order valence-corrected chi connectivity index (χ4v) is 3.73. The summed E-state index contributed by atoms with van der Waals surface area (Å²) in [7, 11) is 1.58. The Bertz CT molecular complexity index is 1020. The lowest BCUT2D eigenvalue weighted by molar-refractivity contribution is -0.110. The zero-order chi connectivity index (χ0) is 23.8. The van der Waals surface area contributed by atoms with Gasteiger partial charge in [0, 0.05) is 19.2 Å². The first-order chi connectivity index (χ1) is 15.2. The molecule has 2 N–H and O–H groups in total. The lowest BCUT2D eigenvalue weighted by Gasteiger charge is -2.24. The van der Waals surface area contributed by atoms with E-state index >= 15 is 0 Å². The van der Waals surface area contributed by atoms with Gasteiger partial charge >= 0.3 is 5.97 Å². The van der Waals surface area contributed by atoms with Crippen molar-refractivity contribution in [3.63, 3.8) is 0 Å². The summed E-state index contributed by atoms with van der Waals surface area (Å²) in [6.07, 6.45) is 4.97. The molecule has 32 heavy (non-hydrogen) atoms. The number of carboxylic acids is 1. The molecule has 1 amide bonds. The number of aryl methyl sites for hydroxylation is 2. The van der Waals surface area contributed by atoms with Crippen LogP contribution >= 0.6 is 0 Å². The number of hydrogen-bond donors (Lipinski definition) is 2. The van der Waals surface area contributed by atoms with Crippen LogP contribution in [0.5, 0.6) is 0 Å². The second-order valence-electron chi connectivity index (χ2n) is 8.43. The maximum atomic E-state index is 12.8. The maximum Gasteiger partial charge on any atom is 0.337 e. The maximum absolute atomic E-state index is 12.8. The number of carboxylic acid groups (broad SMARTS) is 1. The molecule has 1 unspecified atom stereocenters. The summed E-state index contributed by atoms with van der Waals surface area (Å²) in [6.45, 7) is 10.7. The average molecular weight is 436 g/mol. The van der Waals surface area contributed by atoms with Crippen LogP contribution in [-0.2, 0) is 11.2 Å². The highest BCUT2D eigenvalue weighted by molar-refractivity contribution is 6.47. The number of amides is 1. The lowest BCUT2D eigenvalue weighted by atomic mass is 9.81. The average Bonchev–Trinajstić information content (AvgIpc) is 2.75. The molecule has 1 aromatic heterocycles. The molecular weight excluding hydrogens is 402 g/mol. The molecule has 0 aliphatic carbocycles. The number of allylic oxidation sites excluding steroid dienone is 1. The van der Waals surface area contributed by atoms with Gasteiger partial charge in [0.2, 0.25) is 0 Å². The van der Waals surface area contributed by atoms with Gasteiger partial charge in [-0.1, -0.05) is 50.1 Å². The number of rotatable bonds is 9. The van der Waals surface area contributed by atoms with Gasteiger partial charge in [0.15, 0.2) is 0 Å². The monoisotopic (exact) mass is 435 g/mol. The van der Waals surface area contributed by atoms with Crippen molar-refractivity contribution < 1.29 is 14.7 Å². The number of aromatic nitrogens is 1. The van der Waals surface area contributed by atoms with Crippen molar-refractivity contribution in [3.8, 4) is 0 Å². The molecule has 1 heterocycles. The molecule has 0 aliphatic rings. The number of hydrogen-bond acceptors (Lipinski definition) is 4. The molecule has 0 aliphatic heterocycles. The first kappa shape index (κ1) is 25.0. The molecule has 2 rings (SSSR count). The van der Waals surface area contributed by atoms with Crippen molar-refractivity contribution in [1.29, 1.82) is 0 Å². The molecule has 6 nitrogen and oxygen atoms in total. The van der Waals surface area contributed by atoms with Crippen molar-refractivity contribution in [1.82, 2.24) is 4.98 Å². The van der Waals surface area contributed by atoms with Crippen LogP contribution in [0.15, 0.2) is 53.2 Å². The minimum Gasteiger partial charge on any atom is -0.478 e. The Morgan fingerprint density at radius 3 is 2.47 bits per heavy atom. The van der Waals surface area contributed by atoms with E-state index < -0.39 is 5.97 Å².